The van der Waals surface area contributed by atoms with Crippen LogP contribution in [0.1, 0.15) is 23.8 Å². The van der Waals surface area contributed by atoms with E-state index in [1.165, 1.54) is 0 Å². The van der Waals surface area contributed by atoms with Gasteiger partial charge >= 0.3 is 0 Å². The molecule has 1 aliphatic carbocycles. The minimum Gasteiger partial charge on any atom is -0.454 e. The number of carbonyl (C=O) groups excluding carboxylic acids is 1. The number of rotatable bonds is 2. The lowest BCUT2D eigenvalue weighted by atomic mass is 10.1. The van der Waals surface area contributed by atoms with Crippen LogP contribution in [0.3, 0.4) is 0 Å². The van der Waals surface area contributed by atoms with Crippen molar-refractivity contribution < 1.29 is 14.3 Å². The summed E-state index contributed by atoms with van der Waals surface area (Å²) in [5.74, 6) is 3.22. The summed E-state index contributed by atoms with van der Waals surface area (Å²) in [5.41, 5.74) is 1.14. The second kappa shape index (κ2) is 4.34. The van der Waals surface area contributed by atoms with E-state index in [4.69, 9.17) is 9.47 Å². The van der Waals surface area contributed by atoms with Crippen LogP contribution in [0.4, 0.5) is 0 Å². The predicted molar refractivity (Wildman–Crippen MR) is 72.2 cm³/mol. The summed E-state index contributed by atoms with van der Waals surface area (Å²) in [4.78, 5) is 14.3. The van der Waals surface area contributed by atoms with Crippen molar-refractivity contribution in [1.82, 2.24) is 4.90 Å². The predicted octanol–water partition coefficient (Wildman–Crippen LogP) is 2.40. The maximum absolute atomic E-state index is 12.3. The highest BCUT2D eigenvalue weighted by atomic mass is 32.2. The molecular weight excluding hydrogens is 262 g/mol. The molecule has 1 saturated carbocycles. The van der Waals surface area contributed by atoms with Gasteiger partial charge in [-0.3, -0.25) is 4.79 Å². The van der Waals surface area contributed by atoms with E-state index in [1.807, 2.05) is 34.9 Å². The Kier molecular flexibility index (Phi) is 2.62. The van der Waals surface area contributed by atoms with Gasteiger partial charge in [-0.1, -0.05) is 6.07 Å². The van der Waals surface area contributed by atoms with Crippen LogP contribution in [0, 0.1) is 5.92 Å². The minimum absolute atomic E-state index is 0.141. The Bertz CT molecular complexity index is 529. The fourth-order valence-electron chi connectivity index (χ4n) is 2.60. The Labute approximate surface area is 116 Å². The smallest absolute Gasteiger partial charge is 0.231 e. The van der Waals surface area contributed by atoms with Gasteiger partial charge in [0.15, 0.2) is 11.5 Å². The van der Waals surface area contributed by atoms with Crippen molar-refractivity contribution in [3.8, 4) is 11.5 Å². The molecule has 1 saturated heterocycles. The first kappa shape index (κ1) is 11.5. The molecule has 2 fully saturated rings. The van der Waals surface area contributed by atoms with E-state index in [-0.39, 0.29) is 11.3 Å². The Balaban J connectivity index is 1.61. The number of hydrogen-bond donors (Lipinski definition) is 0. The quantitative estimate of drug-likeness (QED) is 0.832. The molecule has 2 heterocycles. The fourth-order valence-corrected chi connectivity index (χ4v) is 3.86. The second-order valence-corrected chi connectivity index (χ2v) is 6.33. The van der Waals surface area contributed by atoms with Crippen molar-refractivity contribution >= 4 is 17.7 Å². The number of fused-ring (bicyclic) bond motifs is 1. The Morgan fingerprint density at radius 2 is 2.11 bits per heavy atom. The third kappa shape index (κ3) is 1.96. The molecule has 2 aliphatic heterocycles. The molecule has 1 aromatic rings. The fraction of sp³-hybridized carbons (Fsp3) is 0.500. The van der Waals surface area contributed by atoms with Gasteiger partial charge in [-0.25, -0.2) is 0 Å². The molecule has 0 bridgehead atoms. The van der Waals surface area contributed by atoms with Crippen LogP contribution in [0.25, 0.3) is 0 Å². The summed E-state index contributed by atoms with van der Waals surface area (Å²) >= 11 is 1.83. The van der Waals surface area contributed by atoms with Crippen LogP contribution >= 0.6 is 11.8 Å². The molecule has 1 amide bonds. The first-order valence-corrected chi connectivity index (χ1v) is 7.69. The van der Waals surface area contributed by atoms with Gasteiger partial charge in [-0.05, 0) is 30.5 Å². The summed E-state index contributed by atoms with van der Waals surface area (Å²) in [6.45, 7) is 1.15. The molecule has 19 heavy (non-hydrogen) atoms. The molecule has 3 aliphatic rings. The average molecular weight is 277 g/mol. The first-order valence-electron chi connectivity index (χ1n) is 6.64. The summed E-state index contributed by atoms with van der Waals surface area (Å²) in [6.07, 6.45) is 2.13. The van der Waals surface area contributed by atoms with Crippen LogP contribution in [0.5, 0.6) is 11.5 Å². The standard InChI is InChI=1S/C14H15NO3S/c16-13(9-1-2-9)15-5-6-19-14(15)10-3-4-11-12(7-10)18-8-17-11/h3-4,7,9,14H,1-2,5-6,8H2. The van der Waals surface area contributed by atoms with Crippen molar-refractivity contribution in [3.63, 3.8) is 0 Å². The Hall–Kier alpha value is -1.36. The van der Waals surface area contributed by atoms with E-state index in [0.29, 0.717) is 12.7 Å². The number of ether oxygens (including phenoxy) is 2. The first-order chi connectivity index (χ1) is 9.33. The van der Waals surface area contributed by atoms with E-state index in [9.17, 15) is 4.79 Å². The van der Waals surface area contributed by atoms with Crippen LogP contribution < -0.4 is 9.47 Å². The summed E-state index contributed by atoms with van der Waals surface area (Å²) in [5, 5.41) is 0.141. The highest BCUT2D eigenvalue weighted by Crippen LogP contribution is 2.44. The minimum atomic E-state index is 0.141. The van der Waals surface area contributed by atoms with Crippen LogP contribution in [0.2, 0.25) is 0 Å². The molecule has 0 aromatic heterocycles. The number of hydrogen-bond acceptors (Lipinski definition) is 4. The molecule has 1 unspecified atom stereocenters. The molecule has 1 atom stereocenters. The topological polar surface area (TPSA) is 38.8 Å². The number of nitrogens with zero attached hydrogens (tertiary/aromatic N) is 1. The van der Waals surface area contributed by atoms with Crippen molar-refractivity contribution in [1.29, 1.82) is 0 Å². The van der Waals surface area contributed by atoms with Crippen molar-refractivity contribution in [2.24, 2.45) is 5.92 Å². The SMILES string of the molecule is O=C(C1CC1)N1CCSC1c1ccc2c(c1)OCO2. The van der Waals surface area contributed by atoms with Gasteiger partial charge in [0.1, 0.15) is 5.37 Å². The van der Waals surface area contributed by atoms with Crippen LogP contribution in [0.15, 0.2) is 18.2 Å². The molecule has 5 heteroatoms. The van der Waals surface area contributed by atoms with Crippen molar-refractivity contribution in [2.45, 2.75) is 18.2 Å². The van der Waals surface area contributed by atoms with Gasteiger partial charge in [-0.15, -0.1) is 11.8 Å². The molecule has 0 N–H and O–H groups in total. The highest BCUT2D eigenvalue weighted by molar-refractivity contribution is 7.99. The summed E-state index contributed by atoms with van der Waals surface area (Å²) in [6, 6.07) is 6.00. The zero-order chi connectivity index (χ0) is 12.8. The molecule has 4 rings (SSSR count). The number of carbonyl (C=O) groups is 1. The zero-order valence-corrected chi connectivity index (χ0v) is 11.3. The van der Waals surface area contributed by atoms with E-state index in [0.717, 1.165) is 42.2 Å². The molecule has 4 nitrogen and oxygen atoms in total. The maximum atomic E-state index is 12.3. The lowest BCUT2D eigenvalue weighted by molar-refractivity contribution is -0.132. The van der Waals surface area contributed by atoms with E-state index < -0.39 is 0 Å². The normalized spacial score (nSPS) is 24.8. The van der Waals surface area contributed by atoms with Crippen molar-refractivity contribution in [3.05, 3.63) is 23.8 Å². The summed E-state index contributed by atoms with van der Waals surface area (Å²) < 4.78 is 10.7. The third-order valence-electron chi connectivity index (χ3n) is 3.78. The van der Waals surface area contributed by atoms with Gasteiger partial charge in [0.05, 0.1) is 0 Å². The highest BCUT2D eigenvalue weighted by Gasteiger charge is 2.39. The molecule has 100 valence electrons. The van der Waals surface area contributed by atoms with Crippen molar-refractivity contribution in [2.75, 3.05) is 19.1 Å². The lowest BCUT2D eigenvalue weighted by Crippen LogP contribution is -2.31. The lowest BCUT2D eigenvalue weighted by Gasteiger charge is -2.24. The van der Waals surface area contributed by atoms with Crippen LogP contribution in [-0.4, -0.2) is 29.9 Å². The second-order valence-electron chi connectivity index (χ2n) is 5.14. The summed E-state index contributed by atoms with van der Waals surface area (Å²) in [7, 11) is 0. The molecule has 0 spiro atoms. The Morgan fingerprint density at radius 3 is 2.95 bits per heavy atom. The Morgan fingerprint density at radius 1 is 1.26 bits per heavy atom. The molecule has 1 aromatic carbocycles. The zero-order valence-electron chi connectivity index (χ0n) is 10.5. The monoisotopic (exact) mass is 277 g/mol. The largest absolute Gasteiger partial charge is 0.454 e. The van der Waals surface area contributed by atoms with Gasteiger partial charge in [-0.2, -0.15) is 0 Å². The van der Waals surface area contributed by atoms with Gasteiger partial charge in [0.25, 0.3) is 0 Å². The van der Waals surface area contributed by atoms with Gasteiger partial charge in [0.2, 0.25) is 12.7 Å². The maximum Gasteiger partial charge on any atom is 0.231 e. The number of amides is 1. The van der Waals surface area contributed by atoms with E-state index in [1.54, 1.807) is 0 Å². The molecular formula is C14H15NO3S. The van der Waals surface area contributed by atoms with Gasteiger partial charge in [0, 0.05) is 18.2 Å². The number of thioether (sulfide) groups is 1. The average Bonchev–Trinajstić information content (AvgIpc) is 2.99. The number of benzene rings is 1. The third-order valence-corrected chi connectivity index (χ3v) is 5.04. The van der Waals surface area contributed by atoms with Gasteiger partial charge < -0.3 is 14.4 Å². The van der Waals surface area contributed by atoms with E-state index in [2.05, 4.69) is 0 Å². The molecule has 0 radical (unpaired) electrons. The van der Waals surface area contributed by atoms with E-state index >= 15 is 0 Å². The van der Waals surface area contributed by atoms with Crippen LogP contribution in [-0.2, 0) is 4.79 Å².